The molecule has 4 nitrogen and oxygen atoms in total. The molecule has 0 aliphatic rings. The second-order valence-corrected chi connectivity index (χ2v) is 11.1. The molecule has 0 aliphatic heterocycles. The van der Waals surface area contributed by atoms with Gasteiger partial charge >= 0.3 is 0 Å². The molecule has 3 heterocycles. The average Bonchev–Trinajstić information content (AvgIpc) is 3.62. The molecule has 206 valence electrons. The van der Waals surface area contributed by atoms with Crippen LogP contribution in [0.4, 0.5) is 0 Å². The summed E-state index contributed by atoms with van der Waals surface area (Å²) in [6.45, 7) is 0. The van der Waals surface area contributed by atoms with Gasteiger partial charge in [-0.05, 0) is 59.7 Å². The van der Waals surface area contributed by atoms with E-state index in [-0.39, 0.29) is 0 Å². The molecule has 9 rings (SSSR count). The highest BCUT2D eigenvalue weighted by molar-refractivity contribution is 6.26. The summed E-state index contributed by atoms with van der Waals surface area (Å²) in [4.78, 5) is 8.83. The lowest BCUT2D eigenvalue weighted by molar-refractivity contribution is 1.17. The first kappa shape index (κ1) is 24.6. The van der Waals surface area contributed by atoms with Crippen molar-refractivity contribution in [3.05, 3.63) is 158 Å². The van der Waals surface area contributed by atoms with Gasteiger partial charge < -0.3 is 9.13 Å². The van der Waals surface area contributed by atoms with Crippen LogP contribution in [0.3, 0.4) is 0 Å². The fourth-order valence-corrected chi connectivity index (χ4v) is 6.70. The number of hydrogen-bond acceptors (Lipinski definition) is 2. The molecule has 0 spiro atoms. The van der Waals surface area contributed by atoms with Gasteiger partial charge in [-0.1, -0.05) is 97.1 Å². The van der Waals surface area contributed by atoms with Crippen LogP contribution >= 0.6 is 0 Å². The van der Waals surface area contributed by atoms with Crippen molar-refractivity contribution in [2.75, 3.05) is 0 Å². The van der Waals surface area contributed by atoms with Crippen molar-refractivity contribution in [3.63, 3.8) is 0 Å². The van der Waals surface area contributed by atoms with Crippen LogP contribution in [0.1, 0.15) is 0 Å². The van der Waals surface area contributed by atoms with Gasteiger partial charge in [-0.25, -0.2) is 9.97 Å². The zero-order valence-corrected chi connectivity index (χ0v) is 23.8. The van der Waals surface area contributed by atoms with Crippen molar-refractivity contribution in [1.29, 1.82) is 0 Å². The lowest BCUT2D eigenvalue weighted by atomic mass is 10.0. The molecular formula is C40H26N4. The van der Waals surface area contributed by atoms with E-state index in [1.807, 2.05) is 6.07 Å². The molecule has 0 fully saturated rings. The molecule has 0 aliphatic carbocycles. The first-order chi connectivity index (χ1) is 21.8. The highest BCUT2D eigenvalue weighted by Crippen LogP contribution is 2.42. The van der Waals surface area contributed by atoms with Gasteiger partial charge in [0.15, 0.2) is 5.82 Å². The topological polar surface area (TPSA) is 35.6 Å². The van der Waals surface area contributed by atoms with E-state index in [0.717, 1.165) is 33.9 Å². The molecule has 0 saturated heterocycles. The van der Waals surface area contributed by atoms with Gasteiger partial charge in [0.2, 0.25) is 0 Å². The Morgan fingerprint density at radius 3 is 1.75 bits per heavy atom. The molecular weight excluding hydrogens is 536 g/mol. The number of nitrogens with zero attached hydrogens (tertiary/aromatic N) is 4. The van der Waals surface area contributed by atoms with Crippen LogP contribution in [0.5, 0.6) is 0 Å². The van der Waals surface area contributed by atoms with Crippen LogP contribution in [-0.2, 0) is 0 Å². The minimum Gasteiger partial charge on any atom is -0.309 e. The standard InChI is InChI=1S/C40H26N4/c1-3-10-30(11-4-1)43-36-23-22-33-32-14-7-8-15-35(32)44(31-12-5-2-6-13-31)39(33)38(36)34-21-20-29(26-37(34)43)27-16-18-28(19-17-27)40-41-24-9-25-42-40/h1-26H. The maximum atomic E-state index is 4.41. The fourth-order valence-electron chi connectivity index (χ4n) is 6.70. The minimum atomic E-state index is 0.733. The van der Waals surface area contributed by atoms with E-state index < -0.39 is 0 Å². The maximum Gasteiger partial charge on any atom is 0.159 e. The summed E-state index contributed by atoms with van der Waals surface area (Å²) in [5, 5.41) is 5.00. The smallest absolute Gasteiger partial charge is 0.159 e. The van der Waals surface area contributed by atoms with Crippen LogP contribution in [-0.4, -0.2) is 19.1 Å². The minimum absolute atomic E-state index is 0.733. The predicted octanol–water partition coefficient (Wildman–Crippen LogP) is 10.0. The van der Waals surface area contributed by atoms with Gasteiger partial charge in [-0.2, -0.15) is 0 Å². The largest absolute Gasteiger partial charge is 0.309 e. The summed E-state index contributed by atoms with van der Waals surface area (Å²) in [5.41, 5.74) is 10.4. The third kappa shape index (κ3) is 3.71. The summed E-state index contributed by atoms with van der Waals surface area (Å²) < 4.78 is 4.84. The van der Waals surface area contributed by atoms with Crippen molar-refractivity contribution >= 4 is 43.6 Å². The molecule has 9 aromatic rings. The van der Waals surface area contributed by atoms with Crippen LogP contribution in [0.15, 0.2) is 158 Å². The Morgan fingerprint density at radius 2 is 1.00 bits per heavy atom. The van der Waals surface area contributed by atoms with Crippen molar-refractivity contribution in [2.45, 2.75) is 0 Å². The van der Waals surface area contributed by atoms with Gasteiger partial charge in [0.25, 0.3) is 0 Å². The zero-order valence-electron chi connectivity index (χ0n) is 23.8. The molecule has 6 aromatic carbocycles. The van der Waals surface area contributed by atoms with Crippen LogP contribution in [0.25, 0.3) is 77.5 Å². The van der Waals surface area contributed by atoms with Crippen molar-refractivity contribution in [2.24, 2.45) is 0 Å². The summed E-state index contributed by atoms with van der Waals surface area (Å²) >= 11 is 0. The molecule has 4 heteroatoms. The molecule has 0 amide bonds. The van der Waals surface area contributed by atoms with Crippen molar-refractivity contribution < 1.29 is 0 Å². The third-order valence-electron chi connectivity index (χ3n) is 8.63. The maximum absolute atomic E-state index is 4.41. The van der Waals surface area contributed by atoms with Gasteiger partial charge in [0.1, 0.15) is 0 Å². The summed E-state index contributed by atoms with van der Waals surface area (Å²) in [7, 11) is 0. The molecule has 0 N–H and O–H groups in total. The second-order valence-electron chi connectivity index (χ2n) is 11.1. The Hall–Kier alpha value is -6.00. The molecule has 0 atom stereocenters. The van der Waals surface area contributed by atoms with E-state index in [4.69, 9.17) is 0 Å². The molecule has 0 radical (unpaired) electrons. The SMILES string of the molecule is c1ccc(-n2c3cc(-c4ccc(-c5ncccn5)cc4)ccc3c3c2ccc2c4ccccc4n(-c4ccccc4)c23)cc1. The molecule has 44 heavy (non-hydrogen) atoms. The van der Waals surface area contributed by atoms with E-state index in [2.05, 4.69) is 159 Å². The number of benzene rings is 6. The fraction of sp³-hybridized carbons (Fsp3) is 0. The summed E-state index contributed by atoms with van der Waals surface area (Å²) in [5.74, 6) is 0.733. The van der Waals surface area contributed by atoms with Crippen LogP contribution in [0, 0.1) is 0 Å². The molecule has 0 unspecified atom stereocenters. The number of para-hydroxylation sites is 3. The van der Waals surface area contributed by atoms with Crippen LogP contribution < -0.4 is 0 Å². The number of rotatable bonds is 4. The number of aromatic nitrogens is 4. The molecule has 3 aromatic heterocycles. The highest BCUT2D eigenvalue weighted by Gasteiger charge is 2.21. The van der Waals surface area contributed by atoms with Crippen LogP contribution in [0.2, 0.25) is 0 Å². The predicted molar refractivity (Wildman–Crippen MR) is 182 cm³/mol. The monoisotopic (exact) mass is 562 g/mol. The van der Waals surface area contributed by atoms with E-state index in [1.165, 1.54) is 43.6 Å². The lowest BCUT2D eigenvalue weighted by Gasteiger charge is -2.10. The highest BCUT2D eigenvalue weighted by atomic mass is 15.0. The van der Waals surface area contributed by atoms with E-state index in [9.17, 15) is 0 Å². The summed E-state index contributed by atoms with van der Waals surface area (Å²) in [6.07, 6.45) is 3.56. The molecule has 0 bridgehead atoms. The van der Waals surface area contributed by atoms with Crippen molar-refractivity contribution in [3.8, 4) is 33.9 Å². The molecule has 0 saturated carbocycles. The first-order valence-electron chi connectivity index (χ1n) is 14.8. The quantitative estimate of drug-likeness (QED) is 0.214. The van der Waals surface area contributed by atoms with Gasteiger partial charge in [-0.3, -0.25) is 0 Å². The van der Waals surface area contributed by atoms with E-state index >= 15 is 0 Å². The van der Waals surface area contributed by atoms with Gasteiger partial charge in [0, 0.05) is 50.9 Å². The number of fused-ring (bicyclic) bond motifs is 7. The van der Waals surface area contributed by atoms with Crippen molar-refractivity contribution in [1.82, 2.24) is 19.1 Å². The van der Waals surface area contributed by atoms with Gasteiger partial charge in [0.05, 0.1) is 22.1 Å². The lowest BCUT2D eigenvalue weighted by Crippen LogP contribution is -1.95. The Balaban J connectivity index is 1.36. The summed E-state index contributed by atoms with van der Waals surface area (Å²) in [6, 6.07) is 51.9. The Morgan fingerprint density at radius 1 is 0.386 bits per heavy atom. The normalized spacial score (nSPS) is 11.6. The van der Waals surface area contributed by atoms with Gasteiger partial charge in [-0.15, -0.1) is 0 Å². The van der Waals surface area contributed by atoms with E-state index in [0.29, 0.717) is 0 Å². The van der Waals surface area contributed by atoms with E-state index in [1.54, 1.807) is 12.4 Å². The zero-order chi connectivity index (χ0) is 29.0. The third-order valence-corrected chi connectivity index (χ3v) is 8.63. The number of hydrogen-bond donors (Lipinski definition) is 0. The Bertz CT molecular complexity index is 2460. The first-order valence-corrected chi connectivity index (χ1v) is 14.8. The Kier molecular flexibility index (Phi) is 5.47. The Labute approximate surface area is 254 Å². The average molecular weight is 563 g/mol. The second kappa shape index (κ2) is 9.79.